The highest BCUT2D eigenvalue weighted by Crippen LogP contribution is 2.30. The highest BCUT2D eigenvalue weighted by molar-refractivity contribution is 7.92. The van der Waals surface area contributed by atoms with E-state index in [4.69, 9.17) is 0 Å². The summed E-state index contributed by atoms with van der Waals surface area (Å²) in [6, 6.07) is 19.2. The Kier molecular flexibility index (Phi) is 4.24. The van der Waals surface area contributed by atoms with Gasteiger partial charge in [0.15, 0.2) is 0 Å². The number of fused-ring (bicyclic) bond motifs is 1. The maximum absolute atomic E-state index is 12.7. The van der Waals surface area contributed by atoms with Crippen LogP contribution in [0.25, 0.3) is 0 Å². The third kappa shape index (κ3) is 3.05. The number of anilines is 2. The third-order valence-electron chi connectivity index (χ3n) is 4.48. The van der Waals surface area contributed by atoms with E-state index in [2.05, 4.69) is 4.72 Å². The summed E-state index contributed by atoms with van der Waals surface area (Å²) in [7, 11) is -3.88. The molecular formula is C21H16N2O4S. The summed E-state index contributed by atoms with van der Waals surface area (Å²) in [5, 5.41) is 0. The third-order valence-corrected chi connectivity index (χ3v) is 5.86. The molecule has 1 heterocycles. The molecule has 2 amide bonds. The second-order valence-corrected chi connectivity index (χ2v) is 8.14. The number of rotatable bonds is 4. The fourth-order valence-electron chi connectivity index (χ4n) is 3.05. The molecule has 28 heavy (non-hydrogen) atoms. The Hall–Kier alpha value is -3.45. The van der Waals surface area contributed by atoms with Crippen molar-refractivity contribution in [1.29, 1.82) is 0 Å². The summed E-state index contributed by atoms with van der Waals surface area (Å²) < 4.78 is 28.0. The fourth-order valence-corrected chi connectivity index (χ4v) is 4.15. The first-order valence-corrected chi connectivity index (χ1v) is 10.0. The second kappa shape index (κ2) is 6.61. The number of carbonyl (C=O) groups is 2. The Labute approximate surface area is 162 Å². The van der Waals surface area contributed by atoms with Crippen molar-refractivity contribution in [2.75, 3.05) is 9.62 Å². The normalized spacial score (nSPS) is 13.5. The molecule has 1 aliphatic heterocycles. The monoisotopic (exact) mass is 392 g/mol. The number of nitrogens with zero attached hydrogens (tertiary/aromatic N) is 1. The Morgan fingerprint density at radius 2 is 1.39 bits per heavy atom. The zero-order valence-electron chi connectivity index (χ0n) is 14.9. The van der Waals surface area contributed by atoms with Gasteiger partial charge < -0.3 is 0 Å². The number of amides is 2. The van der Waals surface area contributed by atoms with E-state index in [0.717, 1.165) is 10.5 Å². The Bertz CT molecular complexity index is 1170. The Morgan fingerprint density at radius 3 is 2.00 bits per heavy atom. The fraction of sp³-hybridized carbons (Fsp3) is 0.0476. The van der Waals surface area contributed by atoms with E-state index in [-0.39, 0.29) is 10.6 Å². The van der Waals surface area contributed by atoms with Gasteiger partial charge in [-0.3, -0.25) is 14.3 Å². The molecule has 0 fully saturated rings. The molecule has 0 radical (unpaired) electrons. The Balaban J connectivity index is 1.68. The second-order valence-electron chi connectivity index (χ2n) is 6.46. The predicted molar refractivity (Wildman–Crippen MR) is 106 cm³/mol. The van der Waals surface area contributed by atoms with Gasteiger partial charge in [0.25, 0.3) is 21.8 Å². The molecule has 140 valence electrons. The number of hydrogen-bond acceptors (Lipinski definition) is 4. The minimum atomic E-state index is -3.88. The van der Waals surface area contributed by atoms with Crippen LogP contribution in [0.1, 0.15) is 26.3 Å². The van der Waals surface area contributed by atoms with Crippen molar-refractivity contribution in [1.82, 2.24) is 0 Å². The van der Waals surface area contributed by atoms with Crippen molar-refractivity contribution in [3.8, 4) is 0 Å². The summed E-state index contributed by atoms with van der Waals surface area (Å²) in [5.41, 5.74) is 2.25. The largest absolute Gasteiger partial charge is 0.280 e. The van der Waals surface area contributed by atoms with Crippen LogP contribution in [0.3, 0.4) is 0 Å². The molecule has 0 saturated heterocycles. The van der Waals surface area contributed by atoms with Crippen molar-refractivity contribution in [3.05, 3.63) is 89.5 Å². The number of nitrogens with one attached hydrogen (secondary N) is 1. The molecule has 0 saturated carbocycles. The zero-order chi connectivity index (χ0) is 19.9. The van der Waals surface area contributed by atoms with Crippen molar-refractivity contribution < 1.29 is 18.0 Å². The van der Waals surface area contributed by atoms with Gasteiger partial charge in [0.05, 0.1) is 21.7 Å². The van der Waals surface area contributed by atoms with Gasteiger partial charge in [0.1, 0.15) is 0 Å². The summed E-state index contributed by atoms with van der Waals surface area (Å²) in [6.45, 7) is 1.91. The standard InChI is InChI=1S/C21H16N2O4S/c1-14-9-11-15(12-10-14)22-28(26,27)17-6-4-5-16(13-17)23-20(24)18-7-2-3-8-19(18)21(23)25/h2-13,22H,1H3. The van der Waals surface area contributed by atoms with Crippen LogP contribution in [0.5, 0.6) is 0 Å². The molecule has 3 aromatic carbocycles. The van der Waals surface area contributed by atoms with Crippen molar-refractivity contribution in [3.63, 3.8) is 0 Å². The SMILES string of the molecule is Cc1ccc(NS(=O)(=O)c2cccc(N3C(=O)c4ccccc4C3=O)c2)cc1. The topological polar surface area (TPSA) is 83.6 Å². The lowest BCUT2D eigenvalue weighted by Crippen LogP contribution is -2.29. The number of aryl methyl sites for hydroxylation is 1. The highest BCUT2D eigenvalue weighted by Gasteiger charge is 2.36. The number of sulfonamides is 1. The van der Waals surface area contributed by atoms with Crippen LogP contribution in [0.15, 0.2) is 77.7 Å². The van der Waals surface area contributed by atoms with Gasteiger partial charge in [-0.15, -0.1) is 0 Å². The maximum Gasteiger partial charge on any atom is 0.266 e. The minimum Gasteiger partial charge on any atom is -0.280 e. The van der Waals surface area contributed by atoms with Gasteiger partial charge in [-0.1, -0.05) is 35.9 Å². The molecule has 1 aliphatic rings. The predicted octanol–water partition coefficient (Wildman–Crippen LogP) is 3.60. The molecule has 7 heteroatoms. The zero-order valence-corrected chi connectivity index (χ0v) is 15.7. The smallest absolute Gasteiger partial charge is 0.266 e. The van der Waals surface area contributed by atoms with Crippen LogP contribution < -0.4 is 9.62 Å². The minimum absolute atomic E-state index is 0.0397. The van der Waals surface area contributed by atoms with Gasteiger partial charge in [0.2, 0.25) is 0 Å². The molecule has 0 bridgehead atoms. The molecule has 4 rings (SSSR count). The molecule has 0 atom stereocenters. The Morgan fingerprint density at radius 1 is 0.786 bits per heavy atom. The first-order valence-electron chi connectivity index (χ1n) is 8.54. The van der Waals surface area contributed by atoms with Crippen molar-refractivity contribution >= 4 is 33.2 Å². The molecule has 6 nitrogen and oxygen atoms in total. The molecule has 0 aliphatic carbocycles. The lowest BCUT2D eigenvalue weighted by atomic mass is 10.1. The number of imide groups is 1. The first kappa shape index (κ1) is 17.9. The average molecular weight is 392 g/mol. The quantitative estimate of drug-likeness (QED) is 0.688. The van der Waals surface area contributed by atoms with Gasteiger partial charge in [-0.25, -0.2) is 13.3 Å². The lowest BCUT2D eigenvalue weighted by Gasteiger charge is -2.15. The van der Waals surface area contributed by atoms with Crippen LogP contribution >= 0.6 is 0 Å². The molecule has 0 unspecified atom stereocenters. The lowest BCUT2D eigenvalue weighted by molar-refractivity contribution is 0.0926. The van der Waals surface area contributed by atoms with E-state index in [9.17, 15) is 18.0 Å². The van der Waals surface area contributed by atoms with E-state index in [1.54, 1.807) is 48.5 Å². The summed E-state index contributed by atoms with van der Waals surface area (Å²) in [5.74, 6) is -0.941. The van der Waals surface area contributed by atoms with Crippen LogP contribution in [-0.4, -0.2) is 20.2 Å². The summed E-state index contributed by atoms with van der Waals surface area (Å²) >= 11 is 0. The van der Waals surface area contributed by atoms with Crippen molar-refractivity contribution in [2.24, 2.45) is 0 Å². The molecular weight excluding hydrogens is 376 g/mol. The van der Waals surface area contributed by atoms with Crippen LogP contribution in [0.2, 0.25) is 0 Å². The van der Waals surface area contributed by atoms with E-state index < -0.39 is 21.8 Å². The number of hydrogen-bond donors (Lipinski definition) is 1. The van der Waals surface area contributed by atoms with Crippen LogP contribution in [0.4, 0.5) is 11.4 Å². The van der Waals surface area contributed by atoms with Crippen LogP contribution in [0, 0.1) is 6.92 Å². The molecule has 3 aromatic rings. The van der Waals surface area contributed by atoms with E-state index >= 15 is 0 Å². The van der Waals surface area contributed by atoms with E-state index in [1.165, 1.54) is 24.3 Å². The molecule has 0 aromatic heterocycles. The maximum atomic E-state index is 12.7. The summed E-state index contributed by atoms with van der Waals surface area (Å²) in [6.07, 6.45) is 0. The van der Waals surface area contributed by atoms with Gasteiger partial charge in [0, 0.05) is 5.69 Å². The average Bonchev–Trinajstić information content (AvgIpc) is 2.94. The van der Waals surface area contributed by atoms with Gasteiger partial charge in [-0.05, 0) is 49.4 Å². The highest BCUT2D eigenvalue weighted by atomic mass is 32.2. The molecule has 1 N–H and O–H groups in total. The van der Waals surface area contributed by atoms with E-state index in [1.807, 2.05) is 6.92 Å². The summed E-state index contributed by atoms with van der Waals surface area (Å²) in [4.78, 5) is 26.2. The number of benzene rings is 3. The van der Waals surface area contributed by atoms with Crippen LogP contribution in [-0.2, 0) is 10.0 Å². The van der Waals surface area contributed by atoms with Gasteiger partial charge >= 0.3 is 0 Å². The van der Waals surface area contributed by atoms with E-state index in [0.29, 0.717) is 16.8 Å². The van der Waals surface area contributed by atoms with Crippen molar-refractivity contribution in [2.45, 2.75) is 11.8 Å². The number of carbonyl (C=O) groups excluding carboxylic acids is 2. The van der Waals surface area contributed by atoms with Gasteiger partial charge in [-0.2, -0.15) is 0 Å². The molecule has 0 spiro atoms. The first-order chi connectivity index (χ1) is 13.4.